The maximum Gasteiger partial charge on any atom is 0.270 e. The SMILES string of the molecule is Cc1ncc2c(n1)C1(CCCN(C(=O)c3ccc[nH]3)C1)CC2. The number of nitrogens with one attached hydrogen (secondary N) is 1. The number of rotatable bonds is 1. The van der Waals surface area contributed by atoms with Gasteiger partial charge in [0.2, 0.25) is 0 Å². The molecule has 114 valence electrons. The first-order valence-corrected chi connectivity index (χ1v) is 7.94. The standard InChI is InChI=1S/C17H20N4O/c1-12-19-10-13-5-7-17(15(13)20-12)6-3-9-21(11-17)16(22)14-4-2-8-18-14/h2,4,8,10,18H,3,5-7,9,11H2,1H3. The van der Waals surface area contributed by atoms with E-state index >= 15 is 0 Å². The van der Waals surface area contributed by atoms with Gasteiger partial charge in [-0.05, 0) is 50.3 Å². The summed E-state index contributed by atoms with van der Waals surface area (Å²) in [5.74, 6) is 0.927. The molecule has 1 saturated heterocycles. The van der Waals surface area contributed by atoms with Gasteiger partial charge in [0.05, 0.1) is 5.69 Å². The highest BCUT2D eigenvalue weighted by Gasteiger charge is 2.44. The van der Waals surface area contributed by atoms with E-state index in [1.54, 1.807) is 6.20 Å². The lowest BCUT2D eigenvalue weighted by molar-refractivity contribution is 0.0628. The van der Waals surface area contributed by atoms with Gasteiger partial charge in [0.25, 0.3) is 5.91 Å². The largest absolute Gasteiger partial charge is 0.357 e. The van der Waals surface area contributed by atoms with Crippen LogP contribution in [0.15, 0.2) is 24.5 Å². The molecular formula is C17H20N4O. The molecule has 1 aliphatic carbocycles. The van der Waals surface area contributed by atoms with Crippen molar-refractivity contribution in [2.45, 2.75) is 38.0 Å². The fourth-order valence-electron chi connectivity index (χ4n) is 3.97. The first-order chi connectivity index (χ1) is 10.7. The highest BCUT2D eigenvalue weighted by Crippen LogP contribution is 2.43. The molecule has 1 amide bonds. The molecule has 5 heteroatoms. The zero-order chi connectivity index (χ0) is 15.2. The van der Waals surface area contributed by atoms with Crippen molar-refractivity contribution >= 4 is 5.91 Å². The molecule has 5 nitrogen and oxygen atoms in total. The van der Waals surface area contributed by atoms with Gasteiger partial charge in [0.15, 0.2) is 0 Å². The Bertz CT molecular complexity index is 705. The fourth-order valence-corrected chi connectivity index (χ4v) is 3.97. The Balaban J connectivity index is 1.65. The number of aryl methyl sites for hydroxylation is 2. The number of piperidine rings is 1. The summed E-state index contributed by atoms with van der Waals surface area (Å²) < 4.78 is 0. The predicted octanol–water partition coefficient (Wildman–Crippen LogP) is 2.23. The number of carbonyl (C=O) groups is 1. The minimum atomic E-state index is 0.0313. The summed E-state index contributed by atoms with van der Waals surface area (Å²) in [6, 6.07) is 3.72. The monoisotopic (exact) mass is 296 g/mol. The normalized spacial score (nSPS) is 23.8. The van der Waals surface area contributed by atoms with E-state index in [9.17, 15) is 4.79 Å². The Morgan fingerprint density at radius 2 is 2.32 bits per heavy atom. The summed E-state index contributed by atoms with van der Waals surface area (Å²) in [5, 5.41) is 0. The van der Waals surface area contributed by atoms with Crippen molar-refractivity contribution in [2.24, 2.45) is 0 Å². The summed E-state index contributed by atoms with van der Waals surface area (Å²) in [4.78, 5) is 26.7. The van der Waals surface area contributed by atoms with Crippen LogP contribution in [0.4, 0.5) is 0 Å². The van der Waals surface area contributed by atoms with Crippen LogP contribution in [-0.2, 0) is 11.8 Å². The molecule has 1 aliphatic heterocycles. The Morgan fingerprint density at radius 3 is 3.14 bits per heavy atom. The molecule has 2 aromatic rings. The summed E-state index contributed by atoms with van der Waals surface area (Å²) in [6.07, 6.45) is 8.03. The number of amides is 1. The van der Waals surface area contributed by atoms with Gasteiger partial charge in [0.1, 0.15) is 11.5 Å². The molecule has 1 spiro atoms. The average molecular weight is 296 g/mol. The van der Waals surface area contributed by atoms with Crippen LogP contribution in [-0.4, -0.2) is 38.8 Å². The summed E-state index contributed by atoms with van der Waals surface area (Å²) in [5.41, 5.74) is 3.15. The second kappa shape index (κ2) is 4.93. The maximum absolute atomic E-state index is 12.6. The van der Waals surface area contributed by atoms with Crippen molar-refractivity contribution in [3.05, 3.63) is 47.3 Å². The number of hydrogen-bond acceptors (Lipinski definition) is 3. The second-order valence-corrected chi connectivity index (χ2v) is 6.49. The van der Waals surface area contributed by atoms with E-state index in [-0.39, 0.29) is 11.3 Å². The third-order valence-electron chi connectivity index (χ3n) is 5.05. The number of hydrogen-bond donors (Lipinski definition) is 1. The summed E-state index contributed by atoms with van der Waals surface area (Å²) >= 11 is 0. The Labute approximate surface area is 129 Å². The minimum absolute atomic E-state index is 0.0313. The number of H-pyrrole nitrogens is 1. The Morgan fingerprint density at radius 1 is 1.41 bits per heavy atom. The van der Waals surface area contributed by atoms with Crippen molar-refractivity contribution in [2.75, 3.05) is 13.1 Å². The fraction of sp³-hybridized carbons (Fsp3) is 0.471. The molecular weight excluding hydrogens is 276 g/mol. The lowest BCUT2D eigenvalue weighted by Gasteiger charge is -2.40. The van der Waals surface area contributed by atoms with Gasteiger partial charge in [-0.1, -0.05) is 0 Å². The van der Waals surface area contributed by atoms with E-state index in [2.05, 4.69) is 9.97 Å². The Hall–Kier alpha value is -2.17. The van der Waals surface area contributed by atoms with Crippen LogP contribution in [0.25, 0.3) is 0 Å². The van der Waals surface area contributed by atoms with Gasteiger partial charge in [-0.3, -0.25) is 4.79 Å². The molecule has 2 aromatic heterocycles. The van der Waals surface area contributed by atoms with Gasteiger partial charge in [-0.15, -0.1) is 0 Å². The van der Waals surface area contributed by atoms with E-state index < -0.39 is 0 Å². The van der Waals surface area contributed by atoms with Gasteiger partial charge in [-0.2, -0.15) is 0 Å². The van der Waals surface area contributed by atoms with Crippen molar-refractivity contribution in [1.82, 2.24) is 19.9 Å². The number of nitrogens with zero attached hydrogens (tertiary/aromatic N) is 3. The third-order valence-corrected chi connectivity index (χ3v) is 5.05. The van der Waals surface area contributed by atoms with Gasteiger partial charge < -0.3 is 9.88 Å². The van der Waals surface area contributed by atoms with Crippen LogP contribution >= 0.6 is 0 Å². The van der Waals surface area contributed by atoms with Crippen LogP contribution in [0.2, 0.25) is 0 Å². The quantitative estimate of drug-likeness (QED) is 0.878. The molecule has 0 aromatic carbocycles. The van der Waals surface area contributed by atoms with Crippen molar-refractivity contribution < 1.29 is 4.79 Å². The number of aromatic nitrogens is 3. The number of carbonyl (C=O) groups excluding carboxylic acids is 1. The zero-order valence-electron chi connectivity index (χ0n) is 12.8. The van der Waals surface area contributed by atoms with Crippen LogP contribution in [0.3, 0.4) is 0 Å². The third kappa shape index (κ3) is 2.03. The second-order valence-electron chi connectivity index (χ2n) is 6.49. The maximum atomic E-state index is 12.6. The van der Waals surface area contributed by atoms with Gasteiger partial charge in [0, 0.05) is 30.9 Å². The van der Waals surface area contributed by atoms with Crippen molar-refractivity contribution in [1.29, 1.82) is 0 Å². The van der Waals surface area contributed by atoms with Crippen LogP contribution in [0.1, 0.15) is 46.8 Å². The Kier molecular flexibility index (Phi) is 3.03. The molecule has 0 saturated carbocycles. The van der Waals surface area contributed by atoms with E-state index in [1.165, 1.54) is 11.3 Å². The topological polar surface area (TPSA) is 61.9 Å². The molecule has 0 bridgehead atoms. The molecule has 3 heterocycles. The number of aromatic amines is 1. The first-order valence-electron chi connectivity index (χ1n) is 7.94. The lowest BCUT2D eigenvalue weighted by atomic mass is 9.77. The lowest BCUT2D eigenvalue weighted by Crippen LogP contribution is -2.48. The highest BCUT2D eigenvalue weighted by molar-refractivity contribution is 5.92. The summed E-state index contributed by atoms with van der Waals surface area (Å²) in [7, 11) is 0. The van der Waals surface area contributed by atoms with Crippen molar-refractivity contribution in [3.63, 3.8) is 0 Å². The van der Waals surface area contributed by atoms with Crippen molar-refractivity contribution in [3.8, 4) is 0 Å². The van der Waals surface area contributed by atoms with E-state index in [0.717, 1.165) is 44.6 Å². The number of fused-ring (bicyclic) bond motifs is 2. The number of likely N-dealkylation sites (tertiary alicyclic amines) is 1. The van der Waals surface area contributed by atoms with E-state index in [0.29, 0.717) is 5.69 Å². The molecule has 2 aliphatic rings. The molecule has 1 fully saturated rings. The van der Waals surface area contributed by atoms with Gasteiger partial charge >= 0.3 is 0 Å². The highest BCUT2D eigenvalue weighted by atomic mass is 16.2. The minimum Gasteiger partial charge on any atom is -0.357 e. The molecule has 22 heavy (non-hydrogen) atoms. The molecule has 1 atom stereocenters. The smallest absolute Gasteiger partial charge is 0.270 e. The van der Waals surface area contributed by atoms with Gasteiger partial charge in [-0.25, -0.2) is 9.97 Å². The molecule has 0 radical (unpaired) electrons. The molecule has 1 N–H and O–H groups in total. The van der Waals surface area contributed by atoms with Crippen LogP contribution < -0.4 is 0 Å². The van der Waals surface area contributed by atoms with Crippen LogP contribution in [0.5, 0.6) is 0 Å². The average Bonchev–Trinajstić information content (AvgIpc) is 3.17. The van der Waals surface area contributed by atoms with E-state index in [4.69, 9.17) is 4.98 Å². The van der Waals surface area contributed by atoms with Crippen LogP contribution in [0, 0.1) is 6.92 Å². The summed E-state index contributed by atoms with van der Waals surface area (Å²) in [6.45, 7) is 3.55. The van der Waals surface area contributed by atoms with E-state index in [1.807, 2.05) is 30.2 Å². The molecule has 4 rings (SSSR count). The zero-order valence-corrected chi connectivity index (χ0v) is 12.8. The predicted molar refractivity (Wildman–Crippen MR) is 82.7 cm³/mol. The molecule has 1 unspecified atom stereocenters. The first kappa shape index (κ1) is 13.5.